The topological polar surface area (TPSA) is 93.5 Å². The van der Waals surface area contributed by atoms with Crippen LogP contribution in [-0.4, -0.2) is 34.8 Å². The van der Waals surface area contributed by atoms with Crippen molar-refractivity contribution in [2.24, 2.45) is 0 Å². The van der Waals surface area contributed by atoms with Gasteiger partial charge in [0.15, 0.2) is 0 Å². The van der Waals surface area contributed by atoms with Gasteiger partial charge in [-0.05, 0) is 50.1 Å². The molecule has 0 saturated carbocycles. The van der Waals surface area contributed by atoms with Gasteiger partial charge in [0.25, 0.3) is 5.91 Å². The number of anilines is 2. The number of nitriles is 1. The highest BCUT2D eigenvalue weighted by molar-refractivity contribution is 6.32. The van der Waals surface area contributed by atoms with Crippen molar-refractivity contribution in [2.45, 2.75) is 38.3 Å². The first-order chi connectivity index (χ1) is 14.8. The number of benzene rings is 2. The molecule has 2 aliphatic rings. The van der Waals surface area contributed by atoms with Crippen LogP contribution < -0.4 is 10.2 Å². The Bertz CT molecular complexity index is 1130. The van der Waals surface area contributed by atoms with E-state index < -0.39 is 5.66 Å². The lowest BCUT2D eigenvalue weighted by atomic mass is 9.98. The molecule has 1 fully saturated rings. The molecule has 8 heteroatoms. The van der Waals surface area contributed by atoms with Crippen molar-refractivity contribution in [3.63, 3.8) is 0 Å². The molecule has 0 aliphatic carbocycles. The standard InChI is InChI=1S/C23H21ClN4O3/c1-23-11-10-21(30)28(23)19-6-3-2-5-17(19)22(31)27(23)12-4-7-20(29)26-16-9-8-15(14-25)18(24)13-16/h2-3,5-6,8-9,13H,4,7,10-12H2,1H3,(H,26,29). The smallest absolute Gasteiger partial charge is 0.257 e. The summed E-state index contributed by atoms with van der Waals surface area (Å²) in [6.45, 7) is 2.26. The van der Waals surface area contributed by atoms with E-state index in [0.29, 0.717) is 48.3 Å². The van der Waals surface area contributed by atoms with Crippen molar-refractivity contribution in [1.29, 1.82) is 5.26 Å². The van der Waals surface area contributed by atoms with Crippen LogP contribution in [0.25, 0.3) is 0 Å². The van der Waals surface area contributed by atoms with Crippen LogP contribution in [0.2, 0.25) is 5.02 Å². The monoisotopic (exact) mass is 436 g/mol. The summed E-state index contributed by atoms with van der Waals surface area (Å²) in [6, 6.07) is 13.8. The predicted octanol–water partition coefficient (Wildman–Crippen LogP) is 3.93. The third-order valence-corrected chi connectivity index (χ3v) is 6.22. The van der Waals surface area contributed by atoms with Gasteiger partial charge < -0.3 is 10.2 Å². The molecule has 0 spiro atoms. The Morgan fingerprint density at radius 2 is 2.03 bits per heavy atom. The van der Waals surface area contributed by atoms with E-state index in [1.165, 1.54) is 6.07 Å². The van der Waals surface area contributed by atoms with Gasteiger partial charge in [0.2, 0.25) is 11.8 Å². The summed E-state index contributed by atoms with van der Waals surface area (Å²) in [5.74, 6) is -0.332. The van der Waals surface area contributed by atoms with E-state index in [1.54, 1.807) is 34.1 Å². The maximum atomic E-state index is 13.2. The molecule has 1 atom stereocenters. The lowest BCUT2D eigenvalue weighted by Gasteiger charge is -2.48. The maximum absolute atomic E-state index is 13.2. The first kappa shape index (κ1) is 20.9. The van der Waals surface area contributed by atoms with Gasteiger partial charge in [0, 0.05) is 25.1 Å². The minimum absolute atomic E-state index is 0.00267. The van der Waals surface area contributed by atoms with Crippen molar-refractivity contribution in [3.8, 4) is 6.07 Å². The molecule has 31 heavy (non-hydrogen) atoms. The highest BCUT2D eigenvalue weighted by Gasteiger charge is 2.52. The normalized spacial score (nSPS) is 19.6. The Hall–Kier alpha value is -3.37. The van der Waals surface area contributed by atoms with Gasteiger partial charge in [-0.1, -0.05) is 23.7 Å². The Morgan fingerprint density at radius 1 is 1.26 bits per heavy atom. The molecule has 3 amide bonds. The van der Waals surface area contributed by atoms with E-state index in [1.807, 2.05) is 25.1 Å². The first-order valence-corrected chi connectivity index (χ1v) is 10.5. The summed E-state index contributed by atoms with van der Waals surface area (Å²) in [6.07, 6.45) is 1.59. The third kappa shape index (κ3) is 3.64. The second-order valence-corrected chi connectivity index (χ2v) is 8.29. The van der Waals surface area contributed by atoms with Crippen LogP contribution in [-0.2, 0) is 9.59 Å². The van der Waals surface area contributed by atoms with Crippen molar-refractivity contribution in [1.82, 2.24) is 4.90 Å². The average Bonchev–Trinajstić information content (AvgIpc) is 3.06. The van der Waals surface area contributed by atoms with Gasteiger partial charge in [-0.15, -0.1) is 0 Å². The predicted molar refractivity (Wildman–Crippen MR) is 117 cm³/mol. The molecule has 4 rings (SSSR count). The van der Waals surface area contributed by atoms with Crippen molar-refractivity contribution in [3.05, 3.63) is 58.6 Å². The number of hydrogen-bond acceptors (Lipinski definition) is 4. The molecule has 0 bridgehead atoms. The fraction of sp³-hybridized carbons (Fsp3) is 0.304. The van der Waals surface area contributed by atoms with Gasteiger partial charge >= 0.3 is 0 Å². The zero-order chi connectivity index (χ0) is 22.2. The minimum atomic E-state index is -0.723. The Morgan fingerprint density at radius 3 is 2.77 bits per heavy atom. The van der Waals surface area contributed by atoms with E-state index in [4.69, 9.17) is 16.9 Å². The zero-order valence-corrected chi connectivity index (χ0v) is 17.8. The van der Waals surface area contributed by atoms with Crippen LogP contribution in [0.4, 0.5) is 11.4 Å². The molecule has 0 radical (unpaired) electrons. The summed E-state index contributed by atoms with van der Waals surface area (Å²) in [7, 11) is 0. The highest BCUT2D eigenvalue weighted by atomic mass is 35.5. The summed E-state index contributed by atoms with van der Waals surface area (Å²) in [5.41, 5.74) is 1.29. The summed E-state index contributed by atoms with van der Waals surface area (Å²) >= 11 is 6.00. The molecule has 1 saturated heterocycles. The number of para-hydroxylation sites is 1. The number of carbonyl (C=O) groups excluding carboxylic acids is 3. The Kier molecular flexibility index (Phi) is 5.42. The van der Waals surface area contributed by atoms with Crippen LogP contribution in [0.3, 0.4) is 0 Å². The third-order valence-electron chi connectivity index (χ3n) is 5.90. The molecule has 2 aromatic carbocycles. The maximum Gasteiger partial charge on any atom is 0.257 e. The molecular formula is C23H21ClN4O3. The first-order valence-electron chi connectivity index (χ1n) is 10.1. The highest BCUT2D eigenvalue weighted by Crippen LogP contribution is 2.44. The number of amides is 3. The number of nitrogens with one attached hydrogen (secondary N) is 1. The van der Waals surface area contributed by atoms with E-state index in [9.17, 15) is 14.4 Å². The quantitative estimate of drug-likeness (QED) is 0.768. The number of rotatable bonds is 5. The molecule has 2 aliphatic heterocycles. The van der Waals surface area contributed by atoms with Crippen molar-refractivity contribution in [2.75, 3.05) is 16.8 Å². The van der Waals surface area contributed by atoms with Crippen molar-refractivity contribution < 1.29 is 14.4 Å². The molecule has 2 aromatic rings. The van der Waals surface area contributed by atoms with Crippen LogP contribution in [0.15, 0.2) is 42.5 Å². The van der Waals surface area contributed by atoms with Gasteiger partial charge in [-0.25, -0.2) is 0 Å². The lowest BCUT2D eigenvalue weighted by molar-refractivity contribution is -0.118. The molecule has 1 unspecified atom stereocenters. The molecular weight excluding hydrogens is 416 g/mol. The summed E-state index contributed by atoms with van der Waals surface area (Å²) in [5, 5.41) is 12.0. The van der Waals surface area contributed by atoms with Gasteiger partial charge in [0.05, 0.1) is 21.8 Å². The molecule has 0 aromatic heterocycles. The second-order valence-electron chi connectivity index (χ2n) is 7.88. The van der Waals surface area contributed by atoms with Crippen LogP contribution in [0.1, 0.15) is 48.5 Å². The molecule has 1 N–H and O–H groups in total. The fourth-order valence-electron chi connectivity index (χ4n) is 4.35. The van der Waals surface area contributed by atoms with E-state index in [0.717, 1.165) is 0 Å². The Balaban J connectivity index is 1.44. The zero-order valence-electron chi connectivity index (χ0n) is 17.0. The van der Waals surface area contributed by atoms with Gasteiger partial charge in [-0.2, -0.15) is 5.26 Å². The van der Waals surface area contributed by atoms with Crippen LogP contribution >= 0.6 is 11.6 Å². The van der Waals surface area contributed by atoms with Crippen LogP contribution in [0.5, 0.6) is 0 Å². The number of nitrogens with zero attached hydrogens (tertiary/aromatic N) is 3. The number of carbonyl (C=O) groups is 3. The van der Waals surface area contributed by atoms with Crippen molar-refractivity contribution >= 4 is 40.7 Å². The van der Waals surface area contributed by atoms with E-state index in [2.05, 4.69) is 5.32 Å². The minimum Gasteiger partial charge on any atom is -0.326 e. The summed E-state index contributed by atoms with van der Waals surface area (Å²) < 4.78 is 0. The Labute approximate surface area is 185 Å². The lowest BCUT2D eigenvalue weighted by Crippen LogP contribution is -2.62. The second kappa shape index (κ2) is 8.05. The van der Waals surface area contributed by atoms with Gasteiger partial charge in [-0.3, -0.25) is 19.3 Å². The molecule has 158 valence electrons. The molecule has 2 heterocycles. The largest absolute Gasteiger partial charge is 0.326 e. The van der Waals surface area contributed by atoms with E-state index >= 15 is 0 Å². The number of halogens is 1. The van der Waals surface area contributed by atoms with Crippen LogP contribution in [0, 0.1) is 11.3 Å². The van der Waals surface area contributed by atoms with E-state index in [-0.39, 0.29) is 29.2 Å². The number of hydrogen-bond donors (Lipinski definition) is 1. The molecule has 7 nitrogen and oxygen atoms in total. The summed E-state index contributed by atoms with van der Waals surface area (Å²) in [4.78, 5) is 41.6. The SMILES string of the molecule is CC12CCC(=O)N1c1ccccc1C(=O)N2CCCC(=O)Nc1ccc(C#N)c(Cl)c1. The average molecular weight is 437 g/mol. The van der Waals surface area contributed by atoms with Gasteiger partial charge in [0.1, 0.15) is 11.7 Å². The fourth-order valence-corrected chi connectivity index (χ4v) is 4.57. The number of fused-ring (bicyclic) bond motifs is 3.